The first-order chi connectivity index (χ1) is 7.31. The van der Waals surface area contributed by atoms with Crippen LogP contribution in [0.1, 0.15) is 27.7 Å². The Morgan fingerprint density at radius 1 is 1.25 bits per heavy atom. The van der Waals surface area contributed by atoms with Gasteiger partial charge in [0, 0.05) is 18.6 Å². The van der Waals surface area contributed by atoms with Gasteiger partial charge in [-0.1, -0.05) is 0 Å². The van der Waals surface area contributed by atoms with Crippen LogP contribution in [0.2, 0.25) is 0 Å². The summed E-state index contributed by atoms with van der Waals surface area (Å²) >= 11 is 0. The van der Waals surface area contributed by atoms with Crippen LogP contribution in [0.4, 0.5) is 0 Å². The second kappa shape index (κ2) is 6.83. The Hall–Kier alpha value is -0.650. The standard InChI is InChI=1S/C11H24N2O3/c1-9(10(16)12-11(2,3)4)13(5-7-14)6-8-15/h9,14-15H,5-8H2,1-4H3,(H,12,16). The van der Waals surface area contributed by atoms with Crippen molar-refractivity contribution in [3.63, 3.8) is 0 Å². The van der Waals surface area contributed by atoms with Crippen LogP contribution in [-0.2, 0) is 4.79 Å². The molecule has 1 amide bonds. The molecule has 1 unspecified atom stereocenters. The summed E-state index contributed by atoms with van der Waals surface area (Å²) in [6.07, 6.45) is 0. The zero-order chi connectivity index (χ0) is 12.8. The van der Waals surface area contributed by atoms with E-state index in [0.717, 1.165) is 0 Å². The van der Waals surface area contributed by atoms with Crippen molar-refractivity contribution in [2.45, 2.75) is 39.3 Å². The molecule has 1 atom stereocenters. The molecule has 5 heteroatoms. The van der Waals surface area contributed by atoms with E-state index in [1.54, 1.807) is 11.8 Å². The average Bonchev–Trinajstić information content (AvgIpc) is 2.13. The molecular formula is C11H24N2O3. The van der Waals surface area contributed by atoms with Crippen molar-refractivity contribution in [1.29, 1.82) is 0 Å². The summed E-state index contributed by atoms with van der Waals surface area (Å²) in [5.41, 5.74) is -0.268. The second-order valence-electron chi connectivity index (χ2n) is 4.90. The molecule has 0 fully saturated rings. The van der Waals surface area contributed by atoms with Crippen LogP contribution in [-0.4, -0.2) is 58.9 Å². The molecule has 0 aromatic heterocycles. The Bertz CT molecular complexity index is 208. The number of rotatable bonds is 6. The van der Waals surface area contributed by atoms with E-state index in [1.807, 2.05) is 20.8 Å². The van der Waals surface area contributed by atoms with Crippen LogP contribution < -0.4 is 5.32 Å². The van der Waals surface area contributed by atoms with E-state index in [-0.39, 0.29) is 30.7 Å². The summed E-state index contributed by atoms with van der Waals surface area (Å²) < 4.78 is 0. The molecule has 0 saturated carbocycles. The van der Waals surface area contributed by atoms with E-state index >= 15 is 0 Å². The van der Waals surface area contributed by atoms with Gasteiger partial charge >= 0.3 is 0 Å². The van der Waals surface area contributed by atoms with Gasteiger partial charge < -0.3 is 15.5 Å². The second-order valence-corrected chi connectivity index (χ2v) is 4.90. The minimum absolute atomic E-state index is 0.0207. The van der Waals surface area contributed by atoms with E-state index in [2.05, 4.69) is 5.32 Å². The number of hydrogen-bond acceptors (Lipinski definition) is 4. The van der Waals surface area contributed by atoms with Crippen LogP contribution >= 0.6 is 0 Å². The molecule has 0 bridgehead atoms. The van der Waals surface area contributed by atoms with Gasteiger partial charge in [-0.25, -0.2) is 0 Å². The largest absolute Gasteiger partial charge is 0.395 e. The highest BCUT2D eigenvalue weighted by atomic mass is 16.3. The minimum Gasteiger partial charge on any atom is -0.395 e. The molecule has 5 nitrogen and oxygen atoms in total. The van der Waals surface area contributed by atoms with Crippen LogP contribution in [0, 0.1) is 0 Å². The molecule has 0 aliphatic heterocycles. The predicted molar refractivity (Wildman–Crippen MR) is 63.1 cm³/mol. The first-order valence-corrected chi connectivity index (χ1v) is 5.59. The third-order valence-electron chi connectivity index (χ3n) is 2.20. The normalized spacial score (nSPS) is 13.9. The molecule has 0 spiro atoms. The number of aliphatic hydroxyl groups is 2. The summed E-state index contributed by atoms with van der Waals surface area (Å²) in [5.74, 6) is -0.0885. The molecule has 16 heavy (non-hydrogen) atoms. The predicted octanol–water partition coefficient (Wildman–Crippen LogP) is -0.424. The van der Waals surface area contributed by atoms with Gasteiger partial charge in [-0.2, -0.15) is 0 Å². The lowest BCUT2D eigenvalue weighted by Crippen LogP contribution is -2.52. The molecular weight excluding hydrogens is 208 g/mol. The SMILES string of the molecule is CC(C(=O)NC(C)(C)C)N(CCO)CCO. The number of hydrogen-bond donors (Lipinski definition) is 3. The summed E-state index contributed by atoms with van der Waals surface area (Å²) in [4.78, 5) is 13.6. The van der Waals surface area contributed by atoms with Crippen molar-refractivity contribution in [2.24, 2.45) is 0 Å². The number of aliphatic hydroxyl groups excluding tert-OH is 2. The van der Waals surface area contributed by atoms with Crippen LogP contribution in [0.3, 0.4) is 0 Å². The summed E-state index contributed by atoms with van der Waals surface area (Å²) in [5, 5.41) is 20.6. The molecule has 96 valence electrons. The minimum atomic E-state index is -0.349. The van der Waals surface area contributed by atoms with Gasteiger partial charge in [0.15, 0.2) is 0 Å². The first kappa shape index (κ1) is 15.3. The first-order valence-electron chi connectivity index (χ1n) is 5.59. The van der Waals surface area contributed by atoms with Gasteiger partial charge in [0.05, 0.1) is 19.3 Å². The van der Waals surface area contributed by atoms with E-state index in [4.69, 9.17) is 10.2 Å². The number of carbonyl (C=O) groups excluding carboxylic acids is 1. The highest BCUT2D eigenvalue weighted by Gasteiger charge is 2.23. The molecule has 0 radical (unpaired) electrons. The van der Waals surface area contributed by atoms with E-state index in [1.165, 1.54) is 0 Å². The number of carbonyl (C=O) groups is 1. The van der Waals surface area contributed by atoms with Gasteiger partial charge in [-0.05, 0) is 27.7 Å². The Morgan fingerprint density at radius 3 is 2.00 bits per heavy atom. The maximum Gasteiger partial charge on any atom is 0.237 e. The summed E-state index contributed by atoms with van der Waals surface area (Å²) in [7, 11) is 0. The van der Waals surface area contributed by atoms with Crippen molar-refractivity contribution in [2.75, 3.05) is 26.3 Å². The fraction of sp³-hybridized carbons (Fsp3) is 0.909. The zero-order valence-electron chi connectivity index (χ0n) is 10.7. The molecule has 0 aliphatic carbocycles. The quantitative estimate of drug-likeness (QED) is 0.581. The average molecular weight is 232 g/mol. The van der Waals surface area contributed by atoms with Gasteiger partial charge in [-0.15, -0.1) is 0 Å². The lowest BCUT2D eigenvalue weighted by atomic mass is 10.1. The Balaban J connectivity index is 4.36. The van der Waals surface area contributed by atoms with Crippen molar-refractivity contribution in [3.8, 4) is 0 Å². The van der Waals surface area contributed by atoms with E-state index in [9.17, 15) is 4.79 Å². The molecule has 0 aromatic carbocycles. The van der Waals surface area contributed by atoms with Crippen LogP contribution in [0.15, 0.2) is 0 Å². The highest BCUT2D eigenvalue weighted by Crippen LogP contribution is 2.03. The lowest BCUT2D eigenvalue weighted by Gasteiger charge is -2.30. The summed E-state index contributed by atoms with van der Waals surface area (Å²) in [6, 6.07) is -0.349. The summed E-state index contributed by atoms with van der Waals surface area (Å²) in [6.45, 7) is 8.26. The van der Waals surface area contributed by atoms with Gasteiger partial charge in [0.2, 0.25) is 5.91 Å². The third kappa shape index (κ3) is 6.05. The molecule has 0 aliphatic rings. The van der Waals surface area contributed by atoms with E-state index < -0.39 is 0 Å². The van der Waals surface area contributed by atoms with E-state index in [0.29, 0.717) is 13.1 Å². The molecule has 0 aromatic rings. The topological polar surface area (TPSA) is 72.8 Å². The van der Waals surface area contributed by atoms with Crippen LogP contribution in [0.25, 0.3) is 0 Å². The maximum absolute atomic E-state index is 11.8. The van der Waals surface area contributed by atoms with Crippen molar-refractivity contribution < 1.29 is 15.0 Å². The zero-order valence-corrected chi connectivity index (χ0v) is 10.7. The fourth-order valence-corrected chi connectivity index (χ4v) is 1.40. The van der Waals surface area contributed by atoms with Gasteiger partial charge in [-0.3, -0.25) is 9.69 Å². The maximum atomic E-state index is 11.8. The van der Waals surface area contributed by atoms with Crippen molar-refractivity contribution >= 4 is 5.91 Å². The van der Waals surface area contributed by atoms with Gasteiger partial charge in [0.25, 0.3) is 0 Å². The Labute approximate surface area is 97.4 Å². The smallest absolute Gasteiger partial charge is 0.237 e. The Morgan fingerprint density at radius 2 is 1.69 bits per heavy atom. The number of nitrogens with zero attached hydrogens (tertiary/aromatic N) is 1. The highest BCUT2D eigenvalue weighted by molar-refractivity contribution is 5.81. The van der Waals surface area contributed by atoms with Crippen LogP contribution in [0.5, 0.6) is 0 Å². The Kier molecular flexibility index (Phi) is 6.55. The van der Waals surface area contributed by atoms with Gasteiger partial charge in [0.1, 0.15) is 0 Å². The lowest BCUT2D eigenvalue weighted by molar-refractivity contribution is -0.127. The molecule has 3 N–H and O–H groups in total. The van der Waals surface area contributed by atoms with Crippen molar-refractivity contribution in [1.82, 2.24) is 10.2 Å². The van der Waals surface area contributed by atoms with Crippen molar-refractivity contribution in [3.05, 3.63) is 0 Å². The third-order valence-corrected chi connectivity index (χ3v) is 2.20. The monoisotopic (exact) mass is 232 g/mol. The number of amides is 1. The molecule has 0 rings (SSSR count). The fourth-order valence-electron chi connectivity index (χ4n) is 1.40. The molecule has 0 heterocycles. The number of nitrogens with one attached hydrogen (secondary N) is 1. The molecule has 0 saturated heterocycles.